The number of hydrogen-bond acceptors (Lipinski definition) is 4. The van der Waals surface area contributed by atoms with E-state index in [4.69, 9.17) is 14.6 Å². The van der Waals surface area contributed by atoms with Gasteiger partial charge in [-0.25, -0.2) is 0 Å². The Morgan fingerprint density at radius 3 is 2.58 bits per heavy atom. The molecule has 66 valence electrons. The van der Waals surface area contributed by atoms with Crippen molar-refractivity contribution in [2.75, 3.05) is 14.2 Å². The van der Waals surface area contributed by atoms with Gasteiger partial charge in [-0.2, -0.15) is 4.98 Å². The van der Waals surface area contributed by atoms with Crippen LogP contribution in [0.5, 0.6) is 11.8 Å². The lowest BCUT2D eigenvalue weighted by Gasteiger charge is -2.05. The van der Waals surface area contributed by atoms with Crippen LogP contribution in [0.4, 0.5) is 0 Å². The molecule has 0 aliphatic heterocycles. The van der Waals surface area contributed by atoms with Gasteiger partial charge >= 0.3 is 0 Å². The van der Waals surface area contributed by atoms with Gasteiger partial charge in [0.2, 0.25) is 11.8 Å². The lowest BCUT2D eigenvalue weighted by atomic mass is 10.3. The predicted molar refractivity (Wildman–Crippen MR) is 43.3 cm³/mol. The van der Waals surface area contributed by atoms with E-state index in [1.54, 1.807) is 12.1 Å². The second kappa shape index (κ2) is 3.92. The van der Waals surface area contributed by atoms with Gasteiger partial charge < -0.3 is 14.6 Å². The summed E-state index contributed by atoms with van der Waals surface area (Å²) < 4.78 is 9.81. The summed E-state index contributed by atoms with van der Waals surface area (Å²) in [5.74, 6) is 0.876. The number of rotatable bonds is 3. The molecule has 0 fully saturated rings. The van der Waals surface area contributed by atoms with Crippen molar-refractivity contribution in [2.45, 2.75) is 6.61 Å². The fraction of sp³-hybridized carbons (Fsp3) is 0.375. The van der Waals surface area contributed by atoms with Crippen molar-refractivity contribution in [3.05, 3.63) is 17.7 Å². The molecular weight excluding hydrogens is 158 g/mol. The minimum Gasteiger partial charge on any atom is -0.481 e. The first-order valence-corrected chi connectivity index (χ1v) is 3.50. The summed E-state index contributed by atoms with van der Waals surface area (Å²) in [5.41, 5.74) is 0.651. The minimum atomic E-state index is -0.0832. The van der Waals surface area contributed by atoms with Crippen molar-refractivity contribution in [2.24, 2.45) is 0 Å². The molecular formula is C8H11NO3. The average Bonchev–Trinajstić information content (AvgIpc) is 2.16. The maximum absolute atomic E-state index is 8.85. The lowest BCUT2D eigenvalue weighted by molar-refractivity contribution is 0.270. The molecule has 0 unspecified atom stereocenters. The van der Waals surface area contributed by atoms with Gasteiger partial charge in [-0.05, 0) is 6.07 Å². The zero-order valence-corrected chi connectivity index (χ0v) is 7.07. The van der Waals surface area contributed by atoms with E-state index in [9.17, 15) is 0 Å². The number of methoxy groups -OCH3 is 2. The van der Waals surface area contributed by atoms with Crippen molar-refractivity contribution < 1.29 is 14.6 Å². The molecule has 0 saturated carbocycles. The van der Waals surface area contributed by atoms with E-state index in [-0.39, 0.29) is 6.61 Å². The first-order valence-electron chi connectivity index (χ1n) is 3.50. The van der Waals surface area contributed by atoms with Crippen LogP contribution < -0.4 is 9.47 Å². The van der Waals surface area contributed by atoms with Crippen LogP contribution in [0, 0.1) is 0 Å². The molecule has 0 aliphatic rings. The molecule has 1 aromatic rings. The summed E-state index contributed by atoms with van der Waals surface area (Å²) in [6.45, 7) is -0.0832. The van der Waals surface area contributed by atoms with Crippen LogP contribution >= 0.6 is 0 Å². The first-order chi connectivity index (χ1) is 5.81. The Morgan fingerprint density at radius 2 is 2.08 bits per heavy atom. The summed E-state index contributed by atoms with van der Waals surface area (Å²) in [5, 5.41) is 8.85. The number of aliphatic hydroxyl groups is 1. The lowest BCUT2D eigenvalue weighted by Crippen LogP contribution is -1.96. The number of nitrogens with zero attached hydrogens (tertiary/aromatic N) is 1. The van der Waals surface area contributed by atoms with Crippen molar-refractivity contribution >= 4 is 0 Å². The van der Waals surface area contributed by atoms with E-state index >= 15 is 0 Å². The van der Waals surface area contributed by atoms with Gasteiger partial charge in [-0.15, -0.1) is 0 Å². The van der Waals surface area contributed by atoms with Gasteiger partial charge in [0.15, 0.2) is 0 Å². The third-order valence-electron chi connectivity index (χ3n) is 1.49. The number of hydrogen-bond donors (Lipinski definition) is 1. The topological polar surface area (TPSA) is 51.6 Å². The van der Waals surface area contributed by atoms with Gasteiger partial charge in [-0.3, -0.25) is 0 Å². The van der Waals surface area contributed by atoms with E-state index in [2.05, 4.69) is 4.98 Å². The molecule has 1 aromatic heterocycles. The average molecular weight is 169 g/mol. The number of aromatic nitrogens is 1. The summed E-state index contributed by atoms with van der Waals surface area (Å²) in [4.78, 5) is 3.98. The Kier molecular flexibility index (Phi) is 2.88. The van der Waals surface area contributed by atoms with E-state index in [1.165, 1.54) is 14.2 Å². The van der Waals surface area contributed by atoms with Crippen molar-refractivity contribution in [3.8, 4) is 11.8 Å². The molecule has 1 heterocycles. The smallest absolute Gasteiger partial charge is 0.221 e. The number of aliphatic hydroxyl groups excluding tert-OH is 1. The molecule has 4 heteroatoms. The Balaban J connectivity index is 3.02. The normalized spacial score (nSPS) is 9.58. The molecule has 0 saturated heterocycles. The molecule has 0 aromatic carbocycles. The van der Waals surface area contributed by atoms with Crippen LogP contribution in [0.15, 0.2) is 12.1 Å². The minimum absolute atomic E-state index is 0.0832. The second-order valence-corrected chi connectivity index (χ2v) is 2.18. The quantitative estimate of drug-likeness (QED) is 0.719. The van der Waals surface area contributed by atoms with Crippen LogP contribution in [-0.4, -0.2) is 24.3 Å². The largest absolute Gasteiger partial charge is 0.481 e. The maximum atomic E-state index is 8.85. The molecule has 1 N–H and O–H groups in total. The van der Waals surface area contributed by atoms with Crippen molar-refractivity contribution in [1.82, 2.24) is 4.98 Å². The first kappa shape index (κ1) is 8.80. The Morgan fingerprint density at radius 1 is 1.33 bits per heavy atom. The third kappa shape index (κ3) is 1.65. The van der Waals surface area contributed by atoms with Crippen LogP contribution in [0.1, 0.15) is 5.56 Å². The van der Waals surface area contributed by atoms with Crippen molar-refractivity contribution in [1.29, 1.82) is 0 Å². The van der Waals surface area contributed by atoms with Gasteiger partial charge in [0.1, 0.15) is 0 Å². The van der Waals surface area contributed by atoms with E-state index in [0.717, 1.165) is 0 Å². The summed E-state index contributed by atoms with van der Waals surface area (Å²) in [6.07, 6.45) is 0. The highest BCUT2D eigenvalue weighted by Gasteiger charge is 2.04. The Labute approximate surface area is 70.8 Å². The van der Waals surface area contributed by atoms with Crippen LogP contribution in [0.3, 0.4) is 0 Å². The molecule has 0 bridgehead atoms. The Hall–Kier alpha value is -1.29. The third-order valence-corrected chi connectivity index (χ3v) is 1.49. The van der Waals surface area contributed by atoms with Gasteiger partial charge in [0.05, 0.1) is 20.8 Å². The monoisotopic (exact) mass is 169 g/mol. The molecule has 1 rings (SSSR count). The highest BCUT2D eigenvalue weighted by Crippen LogP contribution is 2.18. The molecule has 0 radical (unpaired) electrons. The molecule has 0 spiro atoms. The number of pyridine rings is 1. The predicted octanol–water partition coefficient (Wildman–Crippen LogP) is 0.591. The molecule has 0 amide bonds. The highest BCUT2D eigenvalue weighted by atomic mass is 16.5. The molecule has 0 atom stereocenters. The van der Waals surface area contributed by atoms with Crippen LogP contribution in [0.25, 0.3) is 0 Å². The summed E-state index contributed by atoms with van der Waals surface area (Å²) in [7, 11) is 3.03. The molecule has 0 aliphatic carbocycles. The standard InChI is InChI=1S/C8H11NO3/c1-11-7-4-3-6(5-10)8(9-7)12-2/h3-4,10H,5H2,1-2H3. The molecule has 12 heavy (non-hydrogen) atoms. The highest BCUT2D eigenvalue weighted by molar-refractivity contribution is 5.29. The van der Waals surface area contributed by atoms with Crippen LogP contribution in [-0.2, 0) is 6.61 Å². The van der Waals surface area contributed by atoms with Gasteiger partial charge in [0, 0.05) is 11.6 Å². The summed E-state index contributed by atoms with van der Waals surface area (Å²) >= 11 is 0. The SMILES string of the molecule is COc1ccc(CO)c(OC)n1. The number of ether oxygens (including phenoxy) is 2. The zero-order valence-electron chi connectivity index (χ0n) is 7.07. The fourth-order valence-electron chi connectivity index (χ4n) is 0.863. The van der Waals surface area contributed by atoms with E-state index < -0.39 is 0 Å². The summed E-state index contributed by atoms with van der Waals surface area (Å²) in [6, 6.07) is 3.39. The van der Waals surface area contributed by atoms with E-state index in [1.807, 2.05) is 0 Å². The molecule has 4 nitrogen and oxygen atoms in total. The second-order valence-electron chi connectivity index (χ2n) is 2.18. The van der Waals surface area contributed by atoms with Gasteiger partial charge in [-0.1, -0.05) is 0 Å². The van der Waals surface area contributed by atoms with Crippen LogP contribution in [0.2, 0.25) is 0 Å². The zero-order chi connectivity index (χ0) is 8.97. The van der Waals surface area contributed by atoms with Gasteiger partial charge in [0.25, 0.3) is 0 Å². The Bertz CT molecular complexity index is 262. The van der Waals surface area contributed by atoms with E-state index in [0.29, 0.717) is 17.3 Å². The fourth-order valence-corrected chi connectivity index (χ4v) is 0.863. The van der Waals surface area contributed by atoms with Crippen molar-refractivity contribution in [3.63, 3.8) is 0 Å². The maximum Gasteiger partial charge on any atom is 0.221 e.